The Bertz CT molecular complexity index is 523. The van der Waals surface area contributed by atoms with Crippen molar-refractivity contribution in [2.24, 2.45) is 0 Å². The molecule has 3 nitrogen and oxygen atoms in total. The Hall–Kier alpha value is -1.35. The first-order valence-electron chi connectivity index (χ1n) is 5.92. The summed E-state index contributed by atoms with van der Waals surface area (Å²) in [6.07, 6.45) is 2.64. The molecule has 2 aromatic rings. The van der Waals surface area contributed by atoms with Gasteiger partial charge >= 0.3 is 0 Å². The maximum Gasteiger partial charge on any atom is 0.121 e. The summed E-state index contributed by atoms with van der Waals surface area (Å²) in [4.78, 5) is 8.03. The predicted molar refractivity (Wildman–Crippen MR) is 65.4 cm³/mol. The monoisotopic (exact) mass is 215 g/mol. The van der Waals surface area contributed by atoms with Crippen molar-refractivity contribution in [2.45, 2.75) is 39.3 Å². The van der Waals surface area contributed by atoms with Crippen LogP contribution in [0.15, 0.2) is 12.1 Å². The second-order valence-corrected chi connectivity index (χ2v) is 4.74. The van der Waals surface area contributed by atoms with Crippen molar-refractivity contribution < 1.29 is 0 Å². The van der Waals surface area contributed by atoms with E-state index in [1.807, 2.05) is 0 Å². The molecule has 0 amide bonds. The van der Waals surface area contributed by atoms with Crippen LogP contribution in [0, 0.1) is 13.8 Å². The summed E-state index contributed by atoms with van der Waals surface area (Å²) in [5.74, 6) is 1.05. The first-order chi connectivity index (χ1) is 7.74. The SMILES string of the molecule is Cc1ccc2[nH]c(CNC3CC3)nc2c1C. The van der Waals surface area contributed by atoms with Gasteiger partial charge in [0.1, 0.15) is 5.82 Å². The van der Waals surface area contributed by atoms with Crippen molar-refractivity contribution in [3.05, 3.63) is 29.1 Å². The first kappa shape index (κ1) is 9.85. The molecular formula is C13H17N3. The van der Waals surface area contributed by atoms with E-state index in [0.717, 1.165) is 29.4 Å². The van der Waals surface area contributed by atoms with Gasteiger partial charge in [-0.15, -0.1) is 0 Å². The van der Waals surface area contributed by atoms with Gasteiger partial charge in [-0.1, -0.05) is 6.07 Å². The van der Waals surface area contributed by atoms with Crippen molar-refractivity contribution in [1.82, 2.24) is 15.3 Å². The van der Waals surface area contributed by atoms with E-state index in [1.54, 1.807) is 0 Å². The summed E-state index contributed by atoms with van der Waals surface area (Å²) in [6, 6.07) is 5.00. The first-order valence-corrected chi connectivity index (χ1v) is 5.92. The van der Waals surface area contributed by atoms with Gasteiger partial charge in [-0.25, -0.2) is 4.98 Å². The maximum absolute atomic E-state index is 4.65. The van der Waals surface area contributed by atoms with Crippen LogP contribution in [0.2, 0.25) is 0 Å². The van der Waals surface area contributed by atoms with Crippen molar-refractivity contribution in [1.29, 1.82) is 0 Å². The standard InChI is InChI=1S/C13H17N3/c1-8-3-6-11-13(9(8)2)16-12(15-11)7-14-10-4-5-10/h3,6,10,14H,4-5,7H2,1-2H3,(H,15,16). The van der Waals surface area contributed by atoms with Crippen molar-refractivity contribution in [3.63, 3.8) is 0 Å². The molecule has 1 fully saturated rings. The lowest BCUT2D eigenvalue weighted by molar-refractivity contribution is 0.665. The molecule has 1 aromatic carbocycles. The number of fused-ring (bicyclic) bond motifs is 1. The van der Waals surface area contributed by atoms with Gasteiger partial charge in [0.2, 0.25) is 0 Å². The van der Waals surface area contributed by atoms with Crippen LogP contribution in [0.5, 0.6) is 0 Å². The Labute approximate surface area is 95.3 Å². The van der Waals surface area contributed by atoms with Crippen molar-refractivity contribution >= 4 is 11.0 Å². The topological polar surface area (TPSA) is 40.7 Å². The Morgan fingerprint density at radius 1 is 1.38 bits per heavy atom. The van der Waals surface area contributed by atoms with E-state index < -0.39 is 0 Å². The largest absolute Gasteiger partial charge is 0.341 e. The zero-order chi connectivity index (χ0) is 11.1. The molecule has 1 aliphatic carbocycles. The van der Waals surface area contributed by atoms with Gasteiger partial charge in [0, 0.05) is 6.04 Å². The molecule has 2 N–H and O–H groups in total. The van der Waals surface area contributed by atoms with Gasteiger partial charge in [0.15, 0.2) is 0 Å². The molecule has 3 heteroatoms. The van der Waals surface area contributed by atoms with Gasteiger partial charge in [-0.05, 0) is 43.9 Å². The van der Waals surface area contributed by atoms with E-state index >= 15 is 0 Å². The lowest BCUT2D eigenvalue weighted by Crippen LogP contribution is -2.16. The number of imidazole rings is 1. The van der Waals surface area contributed by atoms with Crippen LogP contribution in [0.25, 0.3) is 11.0 Å². The van der Waals surface area contributed by atoms with Gasteiger partial charge < -0.3 is 10.3 Å². The van der Waals surface area contributed by atoms with Crippen LogP contribution in [0.4, 0.5) is 0 Å². The number of aryl methyl sites for hydroxylation is 2. The molecule has 0 spiro atoms. The lowest BCUT2D eigenvalue weighted by Gasteiger charge is -1.98. The summed E-state index contributed by atoms with van der Waals surface area (Å²) in [5, 5.41) is 3.47. The number of benzene rings is 1. The Balaban J connectivity index is 1.91. The summed E-state index contributed by atoms with van der Waals surface area (Å²) in [5.41, 5.74) is 4.86. The van der Waals surface area contributed by atoms with Crippen LogP contribution in [-0.2, 0) is 6.54 Å². The number of aromatic nitrogens is 2. The summed E-state index contributed by atoms with van der Waals surface area (Å²) in [7, 11) is 0. The molecule has 0 aliphatic heterocycles. The summed E-state index contributed by atoms with van der Waals surface area (Å²) >= 11 is 0. The third-order valence-electron chi connectivity index (χ3n) is 3.36. The van der Waals surface area contributed by atoms with Crippen molar-refractivity contribution in [3.8, 4) is 0 Å². The van der Waals surface area contributed by atoms with Crippen LogP contribution >= 0.6 is 0 Å². The molecule has 0 saturated heterocycles. The second kappa shape index (κ2) is 3.59. The molecule has 1 saturated carbocycles. The number of nitrogens with one attached hydrogen (secondary N) is 2. The second-order valence-electron chi connectivity index (χ2n) is 4.74. The smallest absolute Gasteiger partial charge is 0.121 e. The molecule has 0 radical (unpaired) electrons. The van der Waals surface area contributed by atoms with E-state index in [0.29, 0.717) is 0 Å². The zero-order valence-electron chi connectivity index (χ0n) is 9.80. The van der Waals surface area contributed by atoms with Gasteiger partial charge in [0.05, 0.1) is 17.6 Å². The molecule has 1 aromatic heterocycles. The molecule has 3 rings (SSSR count). The van der Waals surface area contributed by atoms with Crippen LogP contribution in [-0.4, -0.2) is 16.0 Å². The molecule has 0 unspecified atom stereocenters. The number of aromatic amines is 1. The van der Waals surface area contributed by atoms with E-state index in [1.165, 1.54) is 24.0 Å². The minimum Gasteiger partial charge on any atom is -0.341 e. The van der Waals surface area contributed by atoms with Crippen molar-refractivity contribution in [2.75, 3.05) is 0 Å². The van der Waals surface area contributed by atoms with Gasteiger partial charge in [-0.3, -0.25) is 0 Å². The quantitative estimate of drug-likeness (QED) is 0.825. The average molecular weight is 215 g/mol. The number of hydrogen-bond acceptors (Lipinski definition) is 2. The highest BCUT2D eigenvalue weighted by Crippen LogP contribution is 2.21. The van der Waals surface area contributed by atoms with Gasteiger partial charge in [0.25, 0.3) is 0 Å². The minimum absolute atomic E-state index is 0.732. The zero-order valence-corrected chi connectivity index (χ0v) is 9.80. The van der Waals surface area contributed by atoms with E-state index in [4.69, 9.17) is 0 Å². The van der Waals surface area contributed by atoms with Crippen LogP contribution in [0.1, 0.15) is 29.8 Å². The third-order valence-corrected chi connectivity index (χ3v) is 3.36. The molecular weight excluding hydrogens is 198 g/mol. The van der Waals surface area contributed by atoms with Gasteiger partial charge in [-0.2, -0.15) is 0 Å². The highest BCUT2D eigenvalue weighted by molar-refractivity contribution is 5.79. The average Bonchev–Trinajstić information content (AvgIpc) is 3.01. The summed E-state index contributed by atoms with van der Waals surface area (Å²) < 4.78 is 0. The van der Waals surface area contributed by atoms with Crippen LogP contribution in [0.3, 0.4) is 0 Å². The molecule has 1 aliphatic rings. The lowest BCUT2D eigenvalue weighted by atomic mass is 10.1. The fourth-order valence-corrected chi connectivity index (χ4v) is 1.98. The highest BCUT2D eigenvalue weighted by atomic mass is 15.0. The number of nitrogens with zero attached hydrogens (tertiary/aromatic N) is 1. The fourth-order valence-electron chi connectivity index (χ4n) is 1.98. The maximum atomic E-state index is 4.65. The molecule has 0 bridgehead atoms. The fraction of sp³-hybridized carbons (Fsp3) is 0.462. The molecule has 16 heavy (non-hydrogen) atoms. The normalized spacial score (nSPS) is 15.9. The van der Waals surface area contributed by atoms with E-state index in [-0.39, 0.29) is 0 Å². The number of hydrogen-bond donors (Lipinski definition) is 2. The van der Waals surface area contributed by atoms with E-state index in [9.17, 15) is 0 Å². The number of rotatable bonds is 3. The predicted octanol–water partition coefficient (Wildman–Crippen LogP) is 2.43. The third kappa shape index (κ3) is 1.71. The Kier molecular flexibility index (Phi) is 2.21. The Morgan fingerprint density at radius 2 is 2.19 bits per heavy atom. The molecule has 0 atom stereocenters. The number of H-pyrrole nitrogens is 1. The minimum atomic E-state index is 0.732. The van der Waals surface area contributed by atoms with E-state index in [2.05, 4.69) is 41.3 Å². The summed E-state index contributed by atoms with van der Waals surface area (Å²) in [6.45, 7) is 5.13. The highest BCUT2D eigenvalue weighted by Gasteiger charge is 2.20. The Morgan fingerprint density at radius 3 is 2.94 bits per heavy atom. The molecule has 1 heterocycles. The molecule has 84 valence electrons. The van der Waals surface area contributed by atoms with Crippen LogP contribution < -0.4 is 5.32 Å².